The molecule has 1 aliphatic carbocycles. The first kappa shape index (κ1) is 15.4. The number of anilines is 1. The van der Waals surface area contributed by atoms with E-state index < -0.39 is 0 Å². The Labute approximate surface area is 124 Å². The predicted molar refractivity (Wildman–Crippen MR) is 88.4 cm³/mol. The van der Waals surface area contributed by atoms with Gasteiger partial charge in [-0.05, 0) is 49.9 Å². The molecule has 0 saturated heterocycles. The van der Waals surface area contributed by atoms with Crippen LogP contribution in [0.3, 0.4) is 0 Å². The van der Waals surface area contributed by atoms with Gasteiger partial charge in [0, 0.05) is 24.8 Å². The van der Waals surface area contributed by atoms with Crippen molar-refractivity contribution >= 4 is 5.69 Å². The van der Waals surface area contributed by atoms with Gasteiger partial charge in [-0.3, -0.25) is 0 Å². The summed E-state index contributed by atoms with van der Waals surface area (Å²) in [6.45, 7) is 4.63. The van der Waals surface area contributed by atoms with E-state index in [9.17, 15) is 0 Å². The second-order valence-electron chi connectivity index (χ2n) is 6.28. The number of nitrogens with zero attached hydrogens (tertiary/aromatic N) is 1. The molecule has 0 spiro atoms. The molecule has 2 heteroatoms. The third kappa shape index (κ3) is 3.35. The Morgan fingerprint density at radius 2 is 1.85 bits per heavy atom. The molecule has 2 nitrogen and oxygen atoms in total. The molecule has 1 aromatic rings. The van der Waals surface area contributed by atoms with E-state index in [2.05, 4.69) is 55.4 Å². The van der Waals surface area contributed by atoms with Crippen molar-refractivity contribution in [3.63, 3.8) is 0 Å². The van der Waals surface area contributed by atoms with Gasteiger partial charge in [-0.2, -0.15) is 0 Å². The molecule has 1 saturated carbocycles. The normalized spacial score (nSPS) is 24.4. The summed E-state index contributed by atoms with van der Waals surface area (Å²) in [5.41, 5.74) is 2.75. The number of rotatable bonds is 5. The van der Waals surface area contributed by atoms with E-state index in [0.717, 1.165) is 12.3 Å². The Hall–Kier alpha value is -1.02. The predicted octanol–water partition coefficient (Wildman–Crippen LogP) is 4.37. The number of hydrogen-bond donors (Lipinski definition) is 1. The van der Waals surface area contributed by atoms with Gasteiger partial charge in [0.15, 0.2) is 0 Å². The van der Waals surface area contributed by atoms with Crippen molar-refractivity contribution in [3.05, 3.63) is 29.8 Å². The minimum Gasteiger partial charge on any atom is -0.371 e. The summed E-state index contributed by atoms with van der Waals surface area (Å²) in [4.78, 5) is 2.49. The highest BCUT2D eigenvalue weighted by Gasteiger charge is 2.25. The molecule has 0 amide bonds. The Kier molecular flexibility index (Phi) is 5.47. The third-order valence-corrected chi connectivity index (χ3v) is 5.02. The smallest absolute Gasteiger partial charge is 0.0366 e. The standard InChI is InChI=1S/C18H30N2/c1-5-17(19-3)15-10-12-16(13-11-15)20(4)18-9-7-6-8-14(18)2/h10-14,17-19H,5-9H2,1-4H3. The van der Waals surface area contributed by atoms with Gasteiger partial charge in [0.2, 0.25) is 0 Å². The average Bonchev–Trinajstić information content (AvgIpc) is 2.49. The van der Waals surface area contributed by atoms with Crippen LogP contribution < -0.4 is 10.2 Å². The van der Waals surface area contributed by atoms with Crippen molar-refractivity contribution in [3.8, 4) is 0 Å². The van der Waals surface area contributed by atoms with Crippen LogP contribution in [0.5, 0.6) is 0 Å². The first-order valence-electron chi connectivity index (χ1n) is 8.17. The highest BCUT2D eigenvalue weighted by Crippen LogP contribution is 2.31. The molecule has 20 heavy (non-hydrogen) atoms. The molecular weight excluding hydrogens is 244 g/mol. The first-order chi connectivity index (χ1) is 9.67. The van der Waals surface area contributed by atoms with E-state index >= 15 is 0 Å². The van der Waals surface area contributed by atoms with Gasteiger partial charge in [0.05, 0.1) is 0 Å². The lowest BCUT2D eigenvalue weighted by atomic mass is 9.85. The van der Waals surface area contributed by atoms with Crippen LogP contribution in [0, 0.1) is 5.92 Å². The Bertz CT molecular complexity index is 394. The molecule has 1 N–H and O–H groups in total. The van der Waals surface area contributed by atoms with Crippen molar-refractivity contribution in [1.82, 2.24) is 5.32 Å². The number of hydrogen-bond acceptors (Lipinski definition) is 2. The van der Waals surface area contributed by atoms with Crippen LogP contribution in [-0.4, -0.2) is 20.1 Å². The fourth-order valence-electron chi connectivity index (χ4n) is 3.61. The Morgan fingerprint density at radius 3 is 2.40 bits per heavy atom. The minimum atomic E-state index is 0.475. The average molecular weight is 274 g/mol. The molecule has 1 aromatic carbocycles. The number of benzene rings is 1. The van der Waals surface area contributed by atoms with E-state index in [-0.39, 0.29) is 0 Å². The number of nitrogens with one attached hydrogen (secondary N) is 1. The lowest BCUT2D eigenvalue weighted by molar-refractivity contribution is 0.321. The maximum absolute atomic E-state index is 3.37. The van der Waals surface area contributed by atoms with Crippen molar-refractivity contribution < 1.29 is 0 Å². The summed E-state index contributed by atoms with van der Waals surface area (Å²) < 4.78 is 0. The van der Waals surface area contributed by atoms with Gasteiger partial charge in [-0.25, -0.2) is 0 Å². The summed E-state index contributed by atoms with van der Waals surface area (Å²) in [5, 5.41) is 3.37. The van der Waals surface area contributed by atoms with Crippen LogP contribution in [0.25, 0.3) is 0 Å². The Balaban J connectivity index is 2.08. The van der Waals surface area contributed by atoms with Crippen molar-refractivity contribution in [2.45, 2.75) is 58.0 Å². The summed E-state index contributed by atoms with van der Waals surface area (Å²) in [6.07, 6.45) is 6.64. The van der Waals surface area contributed by atoms with Crippen LogP contribution >= 0.6 is 0 Å². The SMILES string of the molecule is CCC(NC)c1ccc(N(C)C2CCCCC2C)cc1. The lowest BCUT2D eigenvalue weighted by Gasteiger charge is -2.37. The highest BCUT2D eigenvalue weighted by atomic mass is 15.1. The molecule has 0 radical (unpaired) electrons. The van der Waals surface area contributed by atoms with Crippen LogP contribution in [0.15, 0.2) is 24.3 Å². The zero-order valence-electron chi connectivity index (χ0n) is 13.5. The quantitative estimate of drug-likeness (QED) is 0.857. The second kappa shape index (κ2) is 7.12. The molecule has 0 aromatic heterocycles. The zero-order valence-corrected chi connectivity index (χ0v) is 13.5. The summed E-state index contributed by atoms with van der Waals surface area (Å²) in [7, 11) is 4.30. The topological polar surface area (TPSA) is 15.3 Å². The molecule has 0 heterocycles. The molecule has 1 fully saturated rings. The summed E-state index contributed by atoms with van der Waals surface area (Å²) in [5.74, 6) is 0.814. The lowest BCUT2D eigenvalue weighted by Crippen LogP contribution is -2.38. The molecule has 3 unspecified atom stereocenters. The molecule has 1 aliphatic rings. The van der Waals surface area contributed by atoms with Crippen LogP contribution in [0.4, 0.5) is 5.69 Å². The minimum absolute atomic E-state index is 0.475. The summed E-state index contributed by atoms with van der Waals surface area (Å²) >= 11 is 0. The molecule has 0 bridgehead atoms. The fraction of sp³-hybridized carbons (Fsp3) is 0.667. The largest absolute Gasteiger partial charge is 0.371 e. The highest BCUT2D eigenvalue weighted by molar-refractivity contribution is 5.48. The zero-order chi connectivity index (χ0) is 14.5. The van der Waals surface area contributed by atoms with E-state index in [0.29, 0.717) is 12.1 Å². The van der Waals surface area contributed by atoms with Crippen LogP contribution in [-0.2, 0) is 0 Å². The molecule has 3 atom stereocenters. The van der Waals surface area contributed by atoms with Gasteiger partial charge in [0.25, 0.3) is 0 Å². The van der Waals surface area contributed by atoms with Gasteiger partial charge in [-0.1, -0.05) is 38.8 Å². The molecule has 2 rings (SSSR count). The maximum atomic E-state index is 3.37. The van der Waals surface area contributed by atoms with Gasteiger partial charge in [0.1, 0.15) is 0 Å². The molecule has 0 aliphatic heterocycles. The summed E-state index contributed by atoms with van der Waals surface area (Å²) in [6, 6.07) is 10.3. The van der Waals surface area contributed by atoms with Gasteiger partial charge in [-0.15, -0.1) is 0 Å². The second-order valence-corrected chi connectivity index (χ2v) is 6.28. The molecule has 112 valence electrons. The third-order valence-electron chi connectivity index (χ3n) is 5.02. The first-order valence-corrected chi connectivity index (χ1v) is 8.17. The van der Waals surface area contributed by atoms with Crippen molar-refractivity contribution in [2.75, 3.05) is 19.0 Å². The van der Waals surface area contributed by atoms with Crippen LogP contribution in [0.1, 0.15) is 57.6 Å². The van der Waals surface area contributed by atoms with Crippen molar-refractivity contribution in [1.29, 1.82) is 0 Å². The van der Waals surface area contributed by atoms with Crippen LogP contribution in [0.2, 0.25) is 0 Å². The maximum Gasteiger partial charge on any atom is 0.0366 e. The van der Waals surface area contributed by atoms with E-state index in [4.69, 9.17) is 0 Å². The Morgan fingerprint density at radius 1 is 1.20 bits per heavy atom. The van der Waals surface area contributed by atoms with E-state index in [1.54, 1.807) is 0 Å². The fourth-order valence-corrected chi connectivity index (χ4v) is 3.61. The van der Waals surface area contributed by atoms with Gasteiger partial charge < -0.3 is 10.2 Å². The van der Waals surface area contributed by atoms with Gasteiger partial charge >= 0.3 is 0 Å². The monoisotopic (exact) mass is 274 g/mol. The van der Waals surface area contributed by atoms with Crippen molar-refractivity contribution in [2.24, 2.45) is 5.92 Å². The van der Waals surface area contributed by atoms with E-state index in [1.807, 2.05) is 7.05 Å². The molecular formula is C18H30N2. The van der Waals surface area contributed by atoms with E-state index in [1.165, 1.54) is 36.9 Å².